The lowest BCUT2D eigenvalue weighted by atomic mass is 10.1. The van der Waals surface area contributed by atoms with Crippen LogP contribution < -0.4 is 0 Å². The molecule has 1 unspecified atom stereocenters. The second-order valence-corrected chi connectivity index (χ2v) is 3.64. The van der Waals surface area contributed by atoms with Crippen LogP contribution in [0.1, 0.15) is 20.3 Å². The van der Waals surface area contributed by atoms with E-state index in [1.165, 1.54) is 0 Å². The fourth-order valence-corrected chi connectivity index (χ4v) is 1.23. The third-order valence-corrected chi connectivity index (χ3v) is 2.11. The monoisotopic (exact) mass is 210 g/mol. The zero-order valence-corrected chi connectivity index (χ0v) is 9.53. The van der Waals surface area contributed by atoms with E-state index in [-0.39, 0.29) is 5.92 Å². The van der Waals surface area contributed by atoms with Gasteiger partial charge in [-0.2, -0.15) is 5.26 Å². The molecule has 0 amide bonds. The van der Waals surface area contributed by atoms with Crippen LogP contribution in [0.25, 0.3) is 0 Å². The van der Waals surface area contributed by atoms with Gasteiger partial charge in [0.15, 0.2) is 0 Å². The summed E-state index contributed by atoms with van der Waals surface area (Å²) in [6.07, 6.45) is 2.23. The topological polar surface area (TPSA) is 64.3 Å². The van der Waals surface area contributed by atoms with Crippen molar-refractivity contribution < 1.29 is 9.90 Å². The van der Waals surface area contributed by atoms with Crippen molar-refractivity contribution in [3.05, 3.63) is 11.6 Å². The smallest absolute Gasteiger partial charge is 0.331 e. The van der Waals surface area contributed by atoms with E-state index in [2.05, 4.69) is 6.07 Å². The average Bonchev–Trinajstić information content (AvgIpc) is 2.17. The number of carboxylic acid groups (broad SMARTS) is 1. The molecule has 4 heteroatoms. The fraction of sp³-hybridized carbons (Fsp3) is 0.636. The highest BCUT2D eigenvalue weighted by Crippen LogP contribution is 2.02. The third kappa shape index (κ3) is 5.87. The highest BCUT2D eigenvalue weighted by Gasteiger charge is 2.06. The highest BCUT2D eigenvalue weighted by atomic mass is 16.4. The van der Waals surface area contributed by atoms with E-state index in [4.69, 9.17) is 10.4 Å². The van der Waals surface area contributed by atoms with E-state index in [0.29, 0.717) is 25.1 Å². The molecule has 0 aliphatic rings. The van der Waals surface area contributed by atoms with Crippen LogP contribution in [0.2, 0.25) is 0 Å². The van der Waals surface area contributed by atoms with E-state index in [0.717, 1.165) is 0 Å². The predicted molar refractivity (Wildman–Crippen MR) is 58.3 cm³/mol. The van der Waals surface area contributed by atoms with Crippen LogP contribution in [-0.2, 0) is 4.79 Å². The van der Waals surface area contributed by atoms with Gasteiger partial charge in [-0.15, -0.1) is 0 Å². The van der Waals surface area contributed by atoms with E-state index in [9.17, 15) is 4.79 Å². The number of hydrogen-bond donors (Lipinski definition) is 1. The molecule has 0 aliphatic heterocycles. The zero-order chi connectivity index (χ0) is 11.8. The summed E-state index contributed by atoms with van der Waals surface area (Å²) in [6, 6.07) is 2.14. The predicted octanol–water partition coefficient (Wildman–Crippen LogP) is 1.50. The Hall–Kier alpha value is -1.34. The lowest BCUT2D eigenvalue weighted by molar-refractivity contribution is -0.132. The van der Waals surface area contributed by atoms with Gasteiger partial charge >= 0.3 is 5.97 Å². The molecule has 0 saturated heterocycles. The molecule has 0 spiro atoms. The van der Waals surface area contributed by atoms with Gasteiger partial charge in [0.25, 0.3) is 0 Å². The maximum absolute atomic E-state index is 10.7. The Bertz CT molecular complexity index is 279. The Labute approximate surface area is 90.8 Å². The summed E-state index contributed by atoms with van der Waals surface area (Å²) in [4.78, 5) is 12.6. The first kappa shape index (κ1) is 13.7. The largest absolute Gasteiger partial charge is 0.478 e. The molecule has 0 aromatic heterocycles. The van der Waals surface area contributed by atoms with Crippen LogP contribution >= 0.6 is 0 Å². The summed E-state index contributed by atoms with van der Waals surface area (Å²) in [7, 11) is 1.87. The molecule has 0 saturated carbocycles. The van der Waals surface area contributed by atoms with Gasteiger partial charge in [-0.25, -0.2) is 4.79 Å². The Morgan fingerprint density at radius 1 is 1.67 bits per heavy atom. The number of hydrogen-bond acceptors (Lipinski definition) is 3. The van der Waals surface area contributed by atoms with Gasteiger partial charge in [-0.1, -0.05) is 13.0 Å². The number of nitrogens with zero attached hydrogens (tertiary/aromatic N) is 2. The second-order valence-electron chi connectivity index (χ2n) is 3.64. The minimum atomic E-state index is -0.862. The second kappa shape index (κ2) is 7.02. The SMILES string of the molecule is CCC(=CCN(C)CC(C)C#N)C(=O)O. The molecule has 0 aromatic rings. The summed E-state index contributed by atoms with van der Waals surface area (Å²) in [5.41, 5.74) is 0.423. The van der Waals surface area contributed by atoms with Crippen LogP contribution in [-0.4, -0.2) is 36.1 Å². The summed E-state index contributed by atoms with van der Waals surface area (Å²) in [6.45, 7) is 4.89. The number of nitriles is 1. The minimum Gasteiger partial charge on any atom is -0.478 e. The van der Waals surface area contributed by atoms with Gasteiger partial charge in [0.05, 0.1) is 12.0 Å². The lowest BCUT2D eigenvalue weighted by Crippen LogP contribution is -2.24. The fourth-order valence-electron chi connectivity index (χ4n) is 1.23. The Balaban J connectivity index is 4.13. The van der Waals surface area contributed by atoms with Gasteiger partial charge in [-0.05, 0) is 20.4 Å². The first-order valence-electron chi connectivity index (χ1n) is 5.01. The van der Waals surface area contributed by atoms with Crippen LogP contribution in [0.15, 0.2) is 11.6 Å². The maximum atomic E-state index is 10.7. The van der Waals surface area contributed by atoms with E-state index >= 15 is 0 Å². The van der Waals surface area contributed by atoms with Crippen molar-refractivity contribution in [2.45, 2.75) is 20.3 Å². The van der Waals surface area contributed by atoms with E-state index in [1.54, 1.807) is 6.08 Å². The molecular formula is C11H18N2O2. The maximum Gasteiger partial charge on any atom is 0.331 e. The van der Waals surface area contributed by atoms with Crippen LogP contribution in [0, 0.1) is 17.2 Å². The quantitative estimate of drug-likeness (QED) is 0.675. The van der Waals surface area contributed by atoms with Crippen molar-refractivity contribution in [3.63, 3.8) is 0 Å². The summed E-state index contributed by atoms with van der Waals surface area (Å²) in [5.74, 6) is -0.891. The van der Waals surface area contributed by atoms with Gasteiger partial charge in [-0.3, -0.25) is 0 Å². The molecule has 4 nitrogen and oxygen atoms in total. The first-order chi connectivity index (χ1) is 7.01. The highest BCUT2D eigenvalue weighted by molar-refractivity contribution is 5.86. The molecule has 1 atom stereocenters. The number of carboxylic acids is 1. The van der Waals surface area contributed by atoms with Gasteiger partial charge < -0.3 is 10.0 Å². The Morgan fingerprint density at radius 2 is 2.27 bits per heavy atom. The number of likely N-dealkylation sites (N-methyl/N-ethyl adjacent to an activating group) is 1. The molecule has 0 fully saturated rings. The summed E-state index contributed by atoms with van der Waals surface area (Å²) in [5, 5.41) is 17.4. The van der Waals surface area contributed by atoms with Crippen molar-refractivity contribution in [2.24, 2.45) is 5.92 Å². The molecule has 0 aromatic carbocycles. The number of rotatable bonds is 6. The van der Waals surface area contributed by atoms with Crippen LogP contribution in [0.5, 0.6) is 0 Å². The van der Waals surface area contributed by atoms with Crippen LogP contribution in [0.4, 0.5) is 0 Å². The van der Waals surface area contributed by atoms with Crippen molar-refractivity contribution in [3.8, 4) is 6.07 Å². The normalized spacial score (nSPS) is 13.7. The summed E-state index contributed by atoms with van der Waals surface area (Å²) >= 11 is 0. The molecule has 15 heavy (non-hydrogen) atoms. The molecule has 0 heterocycles. The van der Waals surface area contributed by atoms with Crippen LogP contribution in [0.3, 0.4) is 0 Å². The average molecular weight is 210 g/mol. The van der Waals surface area contributed by atoms with Crippen molar-refractivity contribution in [2.75, 3.05) is 20.1 Å². The molecule has 0 radical (unpaired) electrons. The third-order valence-electron chi connectivity index (χ3n) is 2.11. The van der Waals surface area contributed by atoms with Crippen molar-refractivity contribution in [1.29, 1.82) is 5.26 Å². The van der Waals surface area contributed by atoms with Gasteiger partial charge in [0.1, 0.15) is 0 Å². The van der Waals surface area contributed by atoms with Crippen molar-refractivity contribution in [1.82, 2.24) is 4.90 Å². The summed E-state index contributed by atoms with van der Waals surface area (Å²) < 4.78 is 0. The molecule has 0 aliphatic carbocycles. The lowest BCUT2D eigenvalue weighted by Gasteiger charge is -2.15. The number of aliphatic carboxylic acids is 1. The Morgan fingerprint density at radius 3 is 2.67 bits per heavy atom. The van der Waals surface area contributed by atoms with Gasteiger partial charge in [0, 0.05) is 18.7 Å². The molecule has 0 rings (SSSR count). The number of carbonyl (C=O) groups is 1. The standard InChI is InChI=1S/C11H18N2O2/c1-4-10(11(14)15)5-6-13(3)8-9(2)7-12/h5,9H,4,6,8H2,1-3H3,(H,14,15). The molecule has 0 bridgehead atoms. The Kier molecular flexibility index (Phi) is 6.39. The van der Waals surface area contributed by atoms with E-state index < -0.39 is 5.97 Å². The zero-order valence-electron chi connectivity index (χ0n) is 9.53. The molecule has 84 valence electrons. The minimum absolute atomic E-state index is 0.0293. The first-order valence-corrected chi connectivity index (χ1v) is 5.01. The van der Waals surface area contributed by atoms with Gasteiger partial charge in [0.2, 0.25) is 0 Å². The molecule has 1 N–H and O–H groups in total. The van der Waals surface area contributed by atoms with E-state index in [1.807, 2.05) is 25.8 Å². The van der Waals surface area contributed by atoms with Crippen molar-refractivity contribution >= 4 is 5.97 Å². The molecular weight excluding hydrogens is 192 g/mol.